The Labute approximate surface area is 226 Å². The van der Waals surface area contributed by atoms with E-state index in [0.717, 1.165) is 0 Å². The smallest absolute Gasteiger partial charge is 0.343 e. The fraction of sp³-hybridized carbons (Fsp3) is 0.370. The summed E-state index contributed by atoms with van der Waals surface area (Å²) in [5, 5.41) is 23.5. The van der Waals surface area contributed by atoms with Crippen LogP contribution in [0.2, 0.25) is 0 Å². The number of ether oxygens (including phenoxy) is 3. The number of carbonyl (C=O) groups is 3. The van der Waals surface area contributed by atoms with Crippen molar-refractivity contribution in [3.8, 4) is 22.9 Å². The number of aromatic nitrogens is 2. The lowest BCUT2D eigenvalue weighted by Gasteiger charge is -2.31. The SMILES string of the molecule is CC[C@@]1(O)C(=O)OCc2c1cc1n(c2=O)Cc2c-1nc1cc3c(cc1c2CNC(=O)[C@@H](N)CCC(=O)O)OCO3. The van der Waals surface area contributed by atoms with Gasteiger partial charge < -0.3 is 40.0 Å². The second kappa shape index (κ2) is 9.31. The molecule has 3 aliphatic heterocycles. The number of benzene rings is 1. The predicted octanol–water partition coefficient (Wildman–Crippen LogP) is 0.617. The molecule has 5 N–H and O–H groups in total. The van der Waals surface area contributed by atoms with E-state index in [9.17, 15) is 24.3 Å². The molecule has 208 valence electrons. The summed E-state index contributed by atoms with van der Waals surface area (Å²) in [5.74, 6) is -1.38. The van der Waals surface area contributed by atoms with Crippen molar-refractivity contribution in [1.29, 1.82) is 0 Å². The van der Waals surface area contributed by atoms with Crippen LogP contribution in [0, 0.1) is 0 Å². The zero-order chi connectivity index (χ0) is 28.3. The van der Waals surface area contributed by atoms with Gasteiger partial charge in [0.1, 0.15) is 6.61 Å². The van der Waals surface area contributed by atoms with Gasteiger partial charge in [-0.25, -0.2) is 9.78 Å². The van der Waals surface area contributed by atoms with Gasteiger partial charge in [0.25, 0.3) is 5.56 Å². The van der Waals surface area contributed by atoms with Crippen molar-refractivity contribution in [3.63, 3.8) is 0 Å². The first kappa shape index (κ1) is 25.8. The van der Waals surface area contributed by atoms with Crippen LogP contribution in [0.3, 0.4) is 0 Å². The number of nitrogens with zero attached hydrogens (tertiary/aromatic N) is 2. The minimum atomic E-state index is -1.96. The summed E-state index contributed by atoms with van der Waals surface area (Å²) in [4.78, 5) is 54.5. The van der Waals surface area contributed by atoms with E-state index in [1.165, 1.54) is 4.57 Å². The van der Waals surface area contributed by atoms with Gasteiger partial charge in [0.05, 0.1) is 35.1 Å². The van der Waals surface area contributed by atoms with Crippen LogP contribution < -0.4 is 26.1 Å². The number of hydrogen-bond acceptors (Lipinski definition) is 10. The standard InChI is InChI=1S/C27H26N4O9/c1-2-27(37)16-6-19-23-14(9-31(19)25(35)15(16)10-38-26(27)36)13(8-29-24(34)17(28)3-4-22(32)33)12-5-20-21(40-11-39-20)7-18(12)30-23/h5-7,17,37H,2-4,8-11,28H2,1H3,(H,29,34)(H,32,33)/t17-,27-/m0/s1. The summed E-state index contributed by atoms with van der Waals surface area (Å²) in [6.07, 6.45) is -0.254. The second-order valence-corrected chi connectivity index (χ2v) is 10.00. The second-order valence-electron chi connectivity index (χ2n) is 10.00. The summed E-state index contributed by atoms with van der Waals surface area (Å²) < 4.78 is 17.7. The summed E-state index contributed by atoms with van der Waals surface area (Å²) in [7, 11) is 0. The Kier molecular flexibility index (Phi) is 6.00. The van der Waals surface area contributed by atoms with Gasteiger partial charge in [0, 0.05) is 35.5 Å². The number of aliphatic carboxylic acids is 1. The molecule has 1 aromatic carbocycles. The molecule has 1 amide bonds. The highest BCUT2D eigenvalue weighted by molar-refractivity contribution is 5.92. The molecule has 13 nitrogen and oxygen atoms in total. The minimum Gasteiger partial charge on any atom is -0.481 e. The largest absolute Gasteiger partial charge is 0.481 e. The van der Waals surface area contributed by atoms with Crippen molar-refractivity contribution in [2.45, 2.75) is 57.5 Å². The first-order chi connectivity index (χ1) is 19.1. The fourth-order valence-electron chi connectivity index (χ4n) is 5.47. The monoisotopic (exact) mass is 550 g/mol. The molecule has 3 aromatic rings. The molecule has 3 aliphatic rings. The maximum Gasteiger partial charge on any atom is 0.343 e. The van der Waals surface area contributed by atoms with E-state index in [0.29, 0.717) is 44.9 Å². The molecule has 0 unspecified atom stereocenters. The zero-order valence-electron chi connectivity index (χ0n) is 21.5. The lowest BCUT2D eigenvalue weighted by Crippen LogP contribution is -2.44. The molecule has 0 radical (unpaired) electrons. The third kappa shape index (κ3) is 3.88. The zero-order valence-corrected chi connectivity index (χ0v) is 21.5. The molecule has 6 rings (SSSR count). The van der Waals surface area contributed by atoms with E-state index in [1.807, 2.05) is 0 Å². The number of fused-ring (bicyclic) bond motifs is 6. The highest BCUT2D eigenvalue weighted by atomic mass is 16.7. The quantitative estimate of drug-likeness (QED) is 0.236. The van der Waals surface area contributed by atoms with E-state index in [4.69, 9.17) is 30.0 Å². The van der Waals surface area contributed by atoms with Crippen LogP contribution in [0.15, 0.2) is 23.0 Å². The molecule has 2 aromatic heterocycles. The number of esters is 1. The molecule has 0 aliphatic carbocycles. The number of carbonyl (C=O) groups excluding carboxylic acids is 2. The number of cyclic esters (lactones) is 1. The Balaban J connectivity index is 1.48. The Hall–Kier alpha value is -4.49. The number of hydrogen-bond donors (Lipinski definition) is 4. The molecule has 0 saturated heterocycles. The lowest BCUT2D eigenvalue weighted by atomic mass is 9.86. The first-order valence-electron chi connectivity index (χ1n) is 12.8. The van der Waals surface area contributed by atoms with Crippen LogP contribution in [-0.2, 0) is 44.4 Å². The minimum absolute atomic E-state index is 0.0165. The maximum absolute atomic E-state index is 13.6. The number of nitrogens with two attached hydrogens (primary N) is 1. The van der Waals surface area contributed by atoms with E-state index in [-0.39, 0.29) is 56.9 Å². The number of carboxylic acid groups (broad SMARTS) is 1. The van der Waals surface area contributed by atoms with Crippen molar-refractivity contribution in [2.75, 3.05) is 6.79 Å². The molecule has 0 bridgehead atoms. The van der Waals surface area contributed by atoms with E-state index in [1.54, 1.807) is 25.1 Å². The number of pyridine rings is 2. The van der Waals surface area contributed by atoms with Crippen LogP contribution in [0.25, 0.3) is 22.3 Å². The Morgan fingerprint density at radius 2 is 1.93 bits per heavy atom. The van der Waals surface area contributed by atoms with Crippen LogP contribution in [0.4, 0.5) is 0 Å². The highest BCUT2D eigenvalue weighted by Gasteiger charge is 2.45. The van der Waals surface area contributed by atoms with Crippen LogP contribution in [-0.4, -0.2) is 50.4 Å². The van der Waals surface area contributed by atoms with Gasteiger partial charge in [0.15, 0.2) is 17.1 Å². The molecular weight excluding hydrogens is 524 g/mol. The average molecular weight is 551 g/mol. The van der Waals surface area contributed by atoms with Crippen LogP contribution >= 0.6 is 0 Å². The molecule has 13 heteroatoms. The van der Waals surface area contributed by atoms with Crippen molar-refractivity contribution < 1.29 is 38.8 Å². The van der Waals surface area contributed by atoms with Crippen molar-refractivity contribution in [2.24, 2.45) is 5.73 Å². The molecule has 5 heterocycles. The number of aliphatic hydroxyl groups is 1. The third-order valence-electron chi connectivity index (χ3n) is 7.75. The van der Waals surface area contributed by atoms with Crippen LogP contribution in [0.5, 0.6) is 11.5 Å². The van der Waals surface area contributed by atoms with Gasteiger partial charge in [-0.05, 0) is 30.5 Å². The van der Waals surface area contributed by atoms with Crippen molar-refractivity contribution >= 4 is 28.7 Å². The fourth-order valence-corrected chi connectivity index (χ4v) is 5.47. The molecule has 2 atom stereocenters. The predicted molar refractivity (Wildman–Crippen MR) is 137 cm³/mol. The highest BCUT2D eigenvalue weighted by Crippen LogP contribution is 2.43. The first-order valence-corrected chi connectivity index (χ1v) is 12.8. The summed E-state index contributed by atoms with van der Waals surface area (Å²) in [5.41, 5.74) is 6.66. The topological polar surface area (TPSA) is 192 Å². The van der Waals surface area contributed by atoms with Gasteiger partial charge in [0.2, 0.25) is 12.7 Å². The number of rotatable bonds is 7. The van der Waals surface area contributed by atoms with E-state index in [2.05, 4.69) is 5.32 Å². The van der Waals surface area contributed by atoms with Gasteiger partial charge in [-0.3, -0.25) is 14.4 Å². The molecule has 40 heavy (non-hydrogen) atoms. The van der Waals surface area contributed by atoms with Gasteiger partial charge in [-0.1, -0.05) is 6.92 Å². The Bertz CT molecular complexity index is 1680. The molecule has 0 spiro atoms. The van der Waals surface area contributed by atoms with Gasteiger partial charge in [-0.2, -0.15) is 0 Å². The lowest BCUT2D eigenvalue weighted by molar-refractivity contribution is -0.172. The number of nitrogens with one attached hydrogen (secondary N) is 1. The van der Waals surface area contributed by atoms with E-state index >= 15 is 0 Å². The maximum atomic E-state index is 13.6. The molecular formula is C27H26N4O9. The summed E-state index contributed by atoms with van der Waals surface area (Å²) in [6.45, 7) is 1.57. The van der Waals surface area contributed by atoms with E-state index < -0.39 is 35.0 Å². The van der Waals surface area contributed by atoms with Crippen molar-refractivity contribution in [1.82, 2.24) is 14.9 Å². The molecule has 0 saturated carbocycles. The Morgan fingerprint density at radius 3 is 2.65 bits per heavy atom. The van der Waals surface area contributed by atoms with Crippen molar-refractivity contribution in [3.05, 3.63) is 50.8 Å². The van der Waals surface area contributed by atoms with Crippen LogP contribution in [0.1, 0.15) is 48.4 Å². The average Bonchev–Trinajstić information content (AvgIpc) is 3.55. The third-order valence-corrected chi connectivity index (χ3v) is 7.75. The number of carboxylic acids is 1. The normalized spacial score (nSPS) is 19.0. The Morgan fingerprint density at radius 1 is 1.18 bits per heavy atom. The summed E-state index contributed by atoms with van der Waals surface area (Å²) in [6, 6.07) is 4.06. The number of amides is 1. The summed E-state index contributed by atoms with van der Waals surface area (Å²) >= 11 is 0. The van der Waals surface area contributed by atoms with Gasteiger partial charge >= 0.3 is 11.9 Å². The van der Waals surface area contributed by atoms with Gasteiger partial charge in [-0.15, -0.1) is 0 Å². The molecule has 0 fully saturated rings.